The Balaban J connectivity index is 1.29. The topological polar surface area (TPSA) is 118 Å². The summed E-state index contributed by atoms with van der Waals surface area (Å²) in [5.74, 6) is 2.76. The largest absolute Gasteiger partial charge is 0.494 e. The number of carbonyl (C=O) groups excluding carboxylic acids is 1. The van der Waals surface area contributed by atoms with Crippen molar-refractivity contribution in [3.8, 4) is 23.0 Å². The smallest absolute Gasteiger partial charge is 0.255 e. The fourth-order valence-corrected chi connectivity index (χ4v) is 6.29. The number of fused-ring (bicyclic) bond motifs is 2. The summed E-state index contributed by atoms with van der Waals surface area (Å²) in [5, 5.41) is 6.12. The van der Waals surface area contributed by atoms with E-state index < -0.39 is 0 Å². The minimum absolute atomic E-state index is 0.00800. The van der Waals surface area contributed by atoms with Crippen molar-refractivity contribution >= 4 is 22.3 Å². The van der Waals surface area contributed by atoms with Gasteiger partial charge in [0.25, 0.3) is 5.91 Å². The molecule has 224 valence electrons. The number of methoxy groups -OCH3 is 1. The molecule has 1 unspecified atom stereocenters. The third kappa shape index (κ3) is 5.11. The van der Waals surface area contributed by atoms with Gasteiger partial charge in [-0.15, -0.1) is 0 Å². The Morgan fingerprint density at radius 3 is 2.72 bits per heavy atom. The van der Waals surface area contributed by atoms with Crippen LogP contribution in [0.2, 0.25) is 0 Å². The maximum absolute atomic E-state index is 13.5. The van der Waals surface area contributed by atoms with Gasteiger partial charge in [0, 0.05) is 61.4 Å². The molecular weight excluding hydrogens is 544 g/mol. The number of nitrogens with two attached hydrogens (primary N) is 1. The van der Waals surface area contributed by atoms with E-state index >= 15 is 0 Å². The molecule has 2 N–H and O–H groups in total. The molecule has 1 atom stereocenters. The first-order chi connectivity index (χ1) is 20.9. The average molecular weight is 583 g/mol. The summed E-state index contributed by atoms with van der Waals surface area (Å²) in [5.41, 5.74) is 11.4. The molecule has 1 amide bonds. The van der Waals surface area contributed by atoms with E-state index in [0.29, 0.717) is 49.4 Å². The molecule has 5 aromatic heterocycles. The predicted molar refractivity (Wildman–Crippen MR) is 164 cm³/mol. The predicted octanol–water partition coefficient (Wildman–Crippen LogP) is 4.23. The minimum Gasteiger partial charge on any atom is -0.494 e. The van der Waals surface area contributed by atoms with Gasteiger partial charge in [-0.25, -0.2) is 14.5 Å². The number of imidazole rings is 1. The van der Waals surface area contributed by atoms with Crippen LogP contribution in [-0.2, 0) is 13.1 Å². The van der Waals surface area contributed by atoms with Crippen LogP contribution in [0, 0.1) is 19.8 Å². The van der Waals surface area contributed by atoms with Gasteiger partial charge in [0.1, 0.15) is 34.9 Å². The van der Waals surface area contributed by atoms with Gasteiger partial charge in [-0.2, -0.15) is 5.10 Å². The average Bonchev–Trinajstić information content (AvgIpc) is 3.49. The van der Waals surface area contributed by atoms with E-state index in [1.54, 1.807) is 24.0 Å². The molecule has 1 saturated heterocycles. The summed E-state index contributed by atoms with van der Waals surface area (Å²) in [6, 6.07) is 6.04. The molecule has 11 nitrogen and oxygen atoms in total. The molecule has 6 heterocycles. The molecule has 2 aliphatic rings. The minimum atomic E-state index is -0.0494. The van der Waals surface area contributed by atoms with Crippen molar-refractivity contribution < 1.29 is 14.3 Å². The van der Waals surface area contributed by atoms with Gasteiger partial charge in [-0.1, -0.05) is 0 Å². The van der Waals surface area contributed by atoms with Crippen molar-refractivity contribution in [2.45, 2.75) is 58.7 Å². The maximum atomic E-state index is 13.5. The summed E-state index contributed by atoms with van der Waals surface area (Å²) in [6.45, 7) is 7.35. The van der Waals surface area contributed by atoms with Crippen LogP contribution in [0.5, 0.6) is 11.6 Å². The van der Waals surface area contributed by atoms with Crippen molar-refractivity contribution in [2.24, 2.45) is 11.7 Å². The number of hydrogen-bond acceptors (Lipinski definition) is 7. The lowest BCUT2D eigenvalue weighted by Gasteiger charge is -2.30. The van der Waals surface area contributed by atoms with Gasteiger partial charge in [0.2, 0.25) is 5.88 Å². The SMILES string of the molecule is COc1cc(C(=O)N2CCCC(N)C2)cn2nc(-c3cc4ccnc(OCCn5ccnc5C)c4n3CC3CC3)c(C)c12. The first kappa shape index (κ1) is 27.5. The van der Waals surface area contributed by atoms with E-state index in [4.69, 9.17) is 20.3 Å². The summed E-state index contributed by atoms with van der Waals surface area (Å²) in [7, 11) is 1.64. The quantitative estimate of drug-likeness (QED) is 0.276. The fraction of sp³-hybridized carbons (Fsp3) is 0.438. The van der Waals surface area contributed by atoms with Crippen molar-refractivity contribution in [3.63, 3.8) is 0 Å². The zero-order valence-electron chi connectivity index (χ0n) is 25.0. The number of aryl methyl sites for hydroxylation is 2. The number of amides is 1. The molecular formula is C32H38N8O3. The lowest BCUT2D eigenvalue weighted by atomic mass is 10.1. The first-order valence-electron chi connectivity index (χ1n) is 15.1. The van der Waals surface area contributed by atoms with Gasteiger partial charge in [-0.05, 0) is 63.6 Å². The third-order valence-electron chi connectivity index (χ3n) is 8.79. The van der Waals surface area contributed by atoms with Crippen molar-refractivity contribution in [3.05, 3.63) is 59.9 Å². The molecule has 1 aliphatic carbocycles. The number of aromatic nitrogens is 6. The Hall–Kier alpha value is -4.38. The molecule has 0 aromatic carbocycles. The highest BCUT2D eigenvalue weighted by molar-refractivity contribution is 5.96. The normalized spacial score (nSPS) is 17.2. The Morgan fingerprint density at radius 1 is 1.12 bits per heavy atom. The number of likely N-dealkylation sites (tertiary alicyclic amines) is 1. The summed E-state index contributed by atoms with van der Waals surface area (Å²) < 4.78 is 18.3. The highest BCUT2D eigenvalue weighted by Crippen LogP contribution is 2.40. The van der Waals surface area contributed by atoms with E-state index in [1.807, 2.05) is 36.4 Å². The molecule has 5 aromatic rings. The standard InChI is InChI=1S/C32H38N8O3/c1-20-28(36-40-18-24(16-27(42-3)29(20)40)32(41)38-11-4-5-25(33)19-38)26-15-23-8-9-35-31(30(23)39(26)17-22-6-7-22)43-14-13-37-12-10-34-21(37)2/h8-10,12,15-16,18,22,25H,4-7,11,13-14,17,19,33H2,1-3H3. The highest BCUT2D eigenvalue weighted by Gasteiger charge is 2.29. The zero-order chi connectivity index (χ0) is 29.7. The van der Waals surface area contributed by atoms with Gasteiger partial charge in [0.15, 0.2) is 0 Å². The summed E-state index contributed by atoms with van der Waals surface area (Å²) in [4.78, 5) is 24.3. The van der Waals surface area contributed by atoms with Gasteiger partial charge < -0.3 is 29.2 Å². The van der Waals surface area contributed by atoms with E-state index in [1.165, 1.54) is 12.8 Å². The zero-order valence-corrected chi connectivity index (χ0v) is 25.0. The van der Waals surface area contributed by atoms with E-state index in [9.17, 15) is 4.79 Å². The Morgan fingerprint density at radius 2 is 1.98 bits per heavy atom. The molecule has 0 spiro atoms. The number of piperidine rings is 1. The van der Waals surface area contributed by atoms with Crippen LogP contribution in [0.3, 0.4) is 0 Å². The number of nitrogens with zero attached hydrogens (tertiary/aromatic N) is 7. The molecule has 0 bridgehead atoms. The van der Waals surface area contributed by atoms with Crippen LogP contribution < -0.4 is 15.2 Å². The van der Waals surface area contributed by atoms with E-state index in [-0.39, 0.29) is 11.9 Å². The Bertz CT molecular complexity index is 1810. The monoisotopic (exact) mass is 582 g/mol. The molecule has 43 heavy (non-hydrogen) atoms. The second kappa shape index (κ2) is 11.0. The number of carbonyl (C=O) groups is 1. The van der Waals surface area contributed by atoms with Gasteiger partial charge in [0.05, 0.1) is 24.9 Å². The molecule has 1 saturated carbocycles. The molecule has 11 heteroatoms. The molecule has 1 aliphatic heterocycles. The van der Waals surface area contributed by atoms with Gasteiger partial charge in [-0.3, -0.25) is 4.79 Å². The Labute approximate surface area is 250 Å². The molecule has 0 radical (unpaired) electrons. The van der Waals surface area contributed by atoms with E-state index in [0.717, 1.165) is 58.6 Å². The van der Waals surface area contributed by atoms with Crippen LogP contribution in [-0.4, -0.2) is 72.4 Å². The highest BCUT2D eigenvalue weighted by atomic mass is 16.5. The van der Waals surface area contributed by atoms with Crippen LogP contribution in [0.25, 0.3) is 27.8 Å². The van der Waals surface area contributed by atoms with Gasteiger partial charge >= 0.3 is 0 Å². The second-order valence-electron chi connectivity index (χ2n) is 11.9. The van der Waals surface area contributed by atoms with Crippen molar-refractivity contribution in [2.75, 3.05) is 26.8 Å². The van der Waals surface area contributed by atoms with Crippen LogP contribution in [0.15, 0.2) is 43.0 Å². The van der Waals surface area contributed by atoms with E-state index in [2.05, 4.69) is 32.1 Å². The Kier molecular flexibility index (Phi) is 7.04. The number of rotatable bonds is 9. The molecule has 7 rings (SSSR count). The number of hydrogen-bond donors (Lipinski definition) is 1. The van der Waals surface area contributed by atoms with Crippen LogP contribution in [0.1, 0.15) is 47.4 Å². The fourth-order valence-electron chi connectivity index (χ4n) is 6.29. The third-order valence-corrected chi connectivity index (χ3v) is 8.79. The second-order valence-corrected chi connectivity index (χ2v) is 11.9. The molecule has 2 fully saturated rings. The maximum Gasteiger partial charge on any atom is 0.255 e. The lowest BCUT2D eigenvalue weighted by molar-refractivity contribution is 0.0707. The first-order valence-corrected chi connectivity index (χ1v) is 15.1. The summed E-state index contributed by atoms with van der Waals surface area (Å²) >= 11 is 0. The van der Waals surface area contributed by atoms with Crippen LogP contribution >= 0.6 is 0 Å². The number of pyridine rings is 2. The van der Waals surface area contributed by atoms with Crippen LogP contribution in [0.4, 0.5) is 0 Å². The van der Waals surface area contributed by atoms with Crippen molar-refractivity contribution in [1.82, 2.24) is 33.6 Å². The lowest BCUT2D eigenvalue weighted by Crippen LogP contribution is -2.45. The van der Waals surface area contributed by atoms with Crippen molar-refractivity contribution in [1.29, 1.82) is 0 Å². The summed E-state index contributed by atoms with van der Waals surface area (Å²) in [6.07, 6.45) is 11.6. The number of ether oxygens (including phenoxy) is 2.